The molecule has 0 saturated carbocycles. The molecule has 2 aliphatic carbocycles. The fourth-order valence-corrected chi connectivity index (χ4v) is 10.3. The van der Waals surface area contributed by atoms with Crippen molar-refractivity contribution in [1.82, 2.24) is 15.0 Å². The third-order valence-corrected chi connectivity index (χ3v) is 13.0. The maximum Gasteiger partial charge on any atom is 0.164 e. The summed E-state index contributed by atoms with van der Waals surface area (Å²) >= 11 is 0. The first-order valence-electron chi connectivity index (χ1n) is 21.1. The number of para-hydroxylation sites is 1. The van der Waals surface area contributed by atoms with E-state index in [1.165, 1.54) is 44.5 Å². The summed E-state index contributed by atoms with van der Waals surface area (Å²) in [4.78, 5) is 15.6. The Bertz CT molecular complexity index is 3560. The third kappa shape index (κ3) is 5.04. The summed E-state index contributed by atoms with van der Waals surface area (Å²) in [7, 11) is 0. The minimum absolute atomic E-state index is 0.372. The molecule has 288 valence electrons. The third-order valence-electron chi connectivity index (χ3n) is 13.0. The van der Waals surface area contributed by atoms with Gasteiger partial charge in [-0.3, -0.25) is 0 Å². The maximum atomic E-state index is 6.18. The van der Waals surface area contributed by atoms with Gasteiger partial charge in [0.05, 0.1) is 5.41 Å². The van der Waals surface area contributed by atoms with Crippen molar-refractivity contribution in [3.05, 3.63) is 235 Å². The predicted molar refractivity (Wildman–Crippen MR) is 251 cm³/mol. The molecule has 0 amide bonds. The summed E-state index contributed by atoms with van der Waals surface area (Å²) in [6, 6.07) is 75.6. The van der Waals surface area contributed by atoms with Gasteiger partial charge in [-0.25, -0.2) is 15.0 Å². The standard InChI is InChI=1S/C58H35N3O/c1-2-15-36(16-3-1)55-59-56(61-57(60-55)46-24-5-4-19-41(46)39-30-32-54-48(35-39)45-23-9-13-28-53(45)62-54)40-18-14-17-37(33-40)38-29-31-52-47(34-38)44-22-8-12-27-51(44)58(52)49-25-10-6-20-42(49)43-21-7-11-26-50(43)58/h1-35H. The molecule has 4 heteroatoms. The number of rotatable bonds is 5. The number of nitrogens with zero attached hydrogens (tertiary/aromatic N) is 3. The van der Waals surface area contributed by atoms with E-state index < -0.39 is 0 Å². The SMILES string of the molecule is c1ccc(-c2nc(-c3cccc(-c4ccc5c(c4)-c4ccccc4C54c5ccccc5-c5ccccc54)c3)nc(-c3ccccc3-c3ccc4oc5ccccc5c4c3)n2)cc1. The number of aromatic nitrogens is 3. The van der Waals surface area contributed by atoms with Crippen LogP contribution in [0.25, 0.3) is 101 Å². The van der Waals surface area contributed by atoms with Gasteiger partial charge in [-0.2, -0.15) is 0 Å². The van der Waals surface area contributed by atoms with Crippen molar-refractivity contribution in [1.29, 1.82) is 0 Å². The van der Waals surface area contributed by atoms with E-state index in [-0.39, 0.29) is 5.41 Å². The minimum atomic E-state index is -0.372. The molecule has 4 nitrogen and oxygen atoms in total. The first-order chi connectivity index (χ1) is 30.7. The second-order valence-corrected chi connectivity index (χ2v) is 16.3. The van der Waals surface area contributed by atoms with Gasteiger partial charge >= 0.3 is 0 Å². The van der Waals surface area contributed by atoms with Crippen LogP contribution in [-0.4, -0.2) is 15.0 Å². The number of benzene rings is 9. The molecule has 13 rings (SSSR count). The van der Waals surface area contributed by atoms with Gasteiger partial charge in [-0.05, 0) is 97.1 Å². The van der Waals surface area contributed by atoms with Gasteiger partial charge in [-0.1, -0.05) is 182 Å². The molecule has 0 aliphatic heterocycles. The summed E-state index contributed by atoms with van der Waals surface area (Å²) < 4.78 is 6.18. The highest BCUT2D eigenvalue weighted by atomic mass is 16.3. The molecule has 9 aromatic carbocycles. The van der Waals surface area contributed by atoms with Crippen molar-refractivity contribution in [2.75, 3.05) is 0 Å². The van der Waals surface area contributed by atoms with Gasteiger partial charge in [-0.15, -0.1) is 0 Å². The van der Waals surface area contributed by atoms with E-state index in [0.29, 0.717) is 17.5 Å². The number of hydrogen-bond acceptors (Lipinski definition) is 4. The van der Waals surface area contributed by atoms with Crippen LogP contribution in [0.5, 0.6) is 0 Å². The Kier molecular flexibility index (Phi) is 7.49. The van der Waals surface area contributed by atoms with E-state index in [1.807, 2.05) is 30.3 Å². The van der Waals surface area contributed by atoms with E-state index in [4.69, 9.17) is 19.4 Å². The Balaban J connectivity index is 0.949. The fourth-order valence-electron chi connectivity index (χ4n) is 10.3. The van der Waals surface area contributed by atoms with Crippen molar-refractivity contribution >= 4 is 21.9 Å². The highest BCUT2D eigenvalue weighted by Gasteiger charge is 2.51. The van der Waals surface area contributed by atoms with Crippen LogP contribution >= 0.6 is 0 Å². The number of furan rings is 1. The van der Waals surface area contributed by atoms with Crippen molar-refractivity contribution in [2.24, 2.45) is 0 Å². The minimum Gasteiger partial charge on any atom is -0.456 e. The Hall–Kier alpha value is -8.21. The van der Waals surface area contributed by atoms with Crippen LogP contribution in [0.1, 0.15) is 22.3 Å². The van der Waals surface area contributed by atoms with Crippen LogP contribution in [0.2, 0.25) is 0 Å². The second-order valence-electron chi connectivity index (χ2n) is 16.3. The molecule has 2 aliphatic rings. The maximum absolute atomic E-state index is 6.18. The van der Waals surface area contributed by atoms with Crippen molar-refractivity contribution in [2.45, 2.75) is 5.41 Å². The summed E-state index contributed by atoms with van der Waals surface area (Å²) in [5, 5.41) is 2.17. The van der Waals surface area contributed by atoms with Gasteiger partial charge in [0.25, 0.3) is 0 Å². The Morgan fingerprint density at radius 1 is 0.274 bits per heavy atom. The lowest BCUT2D eigenvalue weighted by molar-refractivity contribution is 0.669. The zero-order chi connectivity index (χ0) is 40.8. The lowest BCUT2D eigenvalue weighted by Crippen LogP contribution is -2.25. The summed E-state index contributed by atoms with van der Waals surface area (Å²) in [5.41, 5.74) is 19.0. The van der Waals surface area contributed by atoms with Crippen molar-refractivity contribution < 1.29 is 4.42 Å². The van der Waals surface area contributed by atoms with Crippen LogP contribution in [0, 0.1) is 0 Å². The Morgan fingerprint density at radius 3 is 1.52 bits per heavy atom. The molecule has 0 radical (unpaired) electrons. The summed E-state index contributed by atoms with van der Waals surface area (Å²) in [6.07, 6.45) is 0. The molecule has 0 N–H and O–H groups in total. The highest BCUT2D eigenvalue weighted by molar-refractivity contribution is 6.06. The highest BCUT2D eigenvalue weighted by Crippen LogP contribution is 2.63. The topological polar surface area (TPSA) is 51.8 Å². The van der Waals surface area contributed by atoms with Gasteiger partial charge in [0.1, 0.15) is 11.2 Å². The Labute approximate surface area is 358 Å². The fraction of sp³-hybridized carbons (Fsp3) is 0.0172. The molecule has 0 unspecified atom stereocenters. The Morgan fingerprint density at radius 2 is 0.774 bits per heavy atom. The number of hydrogen-bond donors (Lipinski definition) is 0. The predicted octanol–water partition coefficient (Wildman–Crippen LogP) is 14.4. The van der Waals surface area contributed by atoms with Gasteiger partial charge in [0.2, 0.25) is 0 Å². The first kappa shape index (κ1) is 34.6. The monoisotopic (exact) mass is 789 g/mol. The van der Waals surface area contributed by atoms with Crippen molar-refractivity contribution in [3.8, 4) is 78.7 Å². The quantitative estimate of drug-likeness (QED) is 0.174. The van der Waals surface area contributed by atoms with Crippen molar-refractivity contribution in [3.63, 3.8) is 0 Å². The van der Waals surface area contributed by atoms with E-state index in [0.717, 1.165) is 60.9 Å². The van der Waals surface area contributed by atoms with Gasteiger partial charge in [0.15, 0.2) is 17.5 Å². The zero-order valence-electron chi connectivity index (χ0n) is 33.5. The smallest absolute Gasteiger partial charge is 0.164 e. The van der Waals surface area contributed by atoms with E-state index in [1.54, 1.807) is 0 Å². The second kappa shape index (κ2) is 13.4. The largest absolute Gasteiger partial charge is 0.456 e. The van der Waals surface area contributed by atoms with Crippen LogP contribution in [0.15, 0.2) is 217 Å². The van der Waals surface area contributed by atoms with E-state index >= 15 is 0 Å². The molecule has 2 heterocycles. The molecule has 0 bridgehead atoms. The van der Waals surface area contributed by atoms with Crippen LogP contribution in [0.4, 0.5) is 0 Å². The molecule has 62 heavy (non-hydrogen) atoms. The lowest BCUT2D eigenvalue weighted by atomic mass is 9.70. The molecule has 0 saturated heterocycles. The summed E-state index contributed by atoms with van der Waals surface area (Å²) in [6.45, 7) is 0. The molecule has 0 atom stereocenters. The summed E-state index contributed by atoms with van der Waals surface area (Å²) in [5.74, 6) is 1.86. The van der Waals surface area contributed by atoms with Gasteiger partial charge < -0.3 is 4.42 Å². The van der Waals surface area contributed by atoms with Gasteiger partial charge in [0, 0.05) is 27.5 Å². The first-order valence-corrected chi connectivity index (χ1v) is 21.1. The molecular formula is C58H35N3O. The molecule has 11 aromatic rings. The van der Waals surface area contributed by atoms with Crippen LogP contribution in [-0.2, 0) is 5.41 Å². The van der Waals surface area contributed by atoms with Crippen LogP contribution in [0.3, 0.4) is 0 Å². The molecule has 1 spiro atoms. The zero-order valence-corrected chi connectivity index (χ0v) is 33.5. The lowest BCUT2D eigenvalue weighted by Gasteiger charge is -2.30. The van der Waals surface area contributed by atoms with E-state index in [2.05, 4.69) is 182 Å². The molecule has 0 fully saturated rings. The average molecular weight is 790 g/mol. The normalized spacial score (nSPS) is 13.0. The number of fused-ring (bicyclic) bond motifs is 13. The molecular weight excluding hydrogens is 755 g/mol. The molecule has 2 aromatic heterocycles. The average Bonchev–Trinajstić information content (AvgIpc) is 3.98. The van der Waals surface area contributed by atoms with E-state index in [9.17, 15) is 0 Å². The van der Waals surface area contributed by atoms with Crippen LogP contribution < -0.4 is 0 Å².